The van der Waals surface area contributed by atoms with Crippen molar-refractivity contribution >= 4 is 10.3 Å². The van der Waals surface area contributed by atoms with E-state index in [1.165, 1.54) is 7.05 Å². The van der Waals surface area contributed by atoms with E-state index >= 15 is 0 Å². The largest absolute Gasteiger partial charge is 0.335 e. The van der Waals surface area contributed by atoms with E-state index in [2.05, 4.69) is 8.91 Å². The molecule has 0 bridgehead atoms. The van der Waals surface area contributed by atoms with Crippen LogP contribution in [-0.4, -0.2) is 21.6 Å². The molecular formula is C5H13NO3S. The van der Waals surface area contributed by atoms with Crippen molar-refractivity contribution in [1.29, 1.82) is 0 Å². The molecule has 0 aliphatic heterocycles. The van der Waals surface area contributed by atoms with Crippen LogP contribution in [0.25, 0.3) is 0 Å². The second kappa shape index (κ2) is 3.90. The monoisotopic (exact) mass is 167 g/mol. The molecular weight excluding hydrogens is 154 g/mol. The van der Waals surface area contributed by atoms with E-state index in [0.29, 0.717) is 6.42 Å². The van der Waals surface area contributed by atoms with Gasteiger partial charge in [-0.1, -0.05) is 6.92 Å². The summed E-state index contributed by atoms with van der Waals surface area (Å²) in [5, 5.41) is 0. The Labute approximate surface area is 61.8 Å². The van der Waals surface area contributed by atoms with Crippen LogP contribution in [0.2, 0.25) is 0 Å². The summed E-state index contributed by atoms with van der Waals surface area (Å²) < 4.78 is 27.9. The van der Waals surface area contributed by atoms with E-state index in [4.69, 9.17) is 0 Å². The van der Waals surface area contributed by atoms with Crippen LogP contribution in [0.3, 0.4) is 0 Å². The van der Waals surface area contributed by atoms with Gasteiger partial charge >= 0.3 is 10.3 Å². The molecule has 1 unspecified atom stereocenters. The maximum atomic E-state index is 10.6. The Balaban J connectivity index is 3.90. The van der Waals surface area contributed by atoms with Gasteiger partial charge < -0.3 is 0 Å². The van der Waals surface area contributed by atoms with Gasteiger partial charge in [0.1, 0.15) is 0 Å². The average Bonchev–Trinajstić information content (AvgIpc) is 1.87. The molecule has 4 nitrogen and oxygen atoms in total. The molecule has 0 spiro atoms. The van der Waals surface area contributed by atoms with Gasteiger partial charge in [-0.3, -0.25) is 4.18 Å². The molecule has 10 heavy (non-hydrogen) atoms. The van der Waals surface area contributed by atoms with E-state index in [1.54, 1.807) is 6.92 Å². The minimum Gasteiger partial charge on any atom is -0.255 e. The summed E-state index contributed by atoms with van der Waals surface area (Å²) in [4.78, 5) is 0. The fraction of sp³-hybridized carbons (Fsp3) is 1.00. The van der Waals surface area contributed by atoms with Gasteiger partial charge in [0.2, 0.25) is 0 Å². The quantitative estimate of drug-likeness (QED) is 0.653. The zero-order chi connectivity index (χ0) is 8.20. The third-order valence-corrected chi connectivity index (χ3v) is 2.20. The van der Waals surface area contributed by atoms with Crippen molar-refractivity contribution in [1.82, 2.24) is 4.72 Å². The topological polar surface area (TPSA) is 55.4 Å². The Morgan fingerprint density at radius 3 is 2.40 bits per heavy atom. The minimum absolute atomic E-state index is 0.252. The standard InChI is InChI=1S/C5H13NO3S/c1-4-5(2)9-10(7,8)6-3/h5-6H,4H2,1-3H3. The van der Waals surface area contributed by atoms with E-state index in [0.717, 1.165) is 0 Å². The molecule has 62 valence electrons. The predicted molar refractivity (Wildman–Crippen MR) is 38.8 cm³/mol. The first-order chi connectivity index (χ1) is 4.52. The van der Waals surface area contributed by atoms with Crippen LogP contribution in [0.1, 0.15) is 20.3 Å². The first-order valence-electron chi connectivity index (χ1n) is 3.13. The summed E-state index contributed by atoms with van der Waals surface area (Å²) in [5.74, 6) is 0. The highest BCUT2D eigenvalue weighted by molar-refractivity contribution is 7.84. The normalized spacial score (nSPS) is 15.1. The number of hydrogen-bond donors (Lipinski definition) is 1. The van der Waals surface area contributed by atoms with Crippen molar-refractivity contribution in [2.45, 2.75) is 26.4 Å². The Kier molecular flexibility index (Phi) is 3.85. The molecule has 1 atom stereocenters. The lowest BCUT2D eigenvalue weighted by atomic mass is 10.3. The summed E-state index contributed by atoms with van der Waals surface area (Å²) >= 11 is 0. The molecule has 0 heterocycles. The molecule has 0 saturated heterocycles. The van der Waals surface area contributed by atoms with Gasteiger partial charge in [0.25, 0.3) is 0 Å². The molecule has 0 aliphatic rings. The lowest BCUT2D eigenvalue weighted by Crippen LogP contribution is -2.25. The zero-order valence-corrected chi connectivity index (χ0v) is 7.23. The number of rotatable bonds is 4. The summed E-state index contributed by atoms with van der Waals surface area (Å²) in [6.45, 7) is 3.56. The summed E-state index contributed by atoms with van der Waals surface area (Å²) in [6.07, 6.45) is 0.429. The third kappa shape index (κ3) is 3.81. The highest BCUT2D eigenvalue weighted by Crippen LogP contribution is 1.99. The van der Waals surface area contributed by atoms with Gasteiger partial charge in [0, 0.05) is 7.05 Å². The molecule has 0 aromatic rings. The van der Waals surface area contributed by atoms with Gasteiger partial charge in [-0.05, 0) is 13.3 Å². The Bertz CT molecular complexity index is 175. The SMILES string of the molecule is CCC(C)OS(=O)(=O)NC. The predicted octanol–water partition coefficient (Wildman–Crippen LogP) is 0.266. The van der Waals surface area contributed by atoms with Gasteiger partial charge in [-0.2, -0.15) is 13.1 Å². The average molecular weight is 167 g/mol. The van der Waals surface area contributed by atoms with Crippen molar-refractivity contribution in [2.24, 2.45) is 0 Å². The molecule has 0 saturated carbocycles. The van der Waals surface area contributed by atoms with Gasteiger partial charge in [0.15, 0.2) is 0 Å². The van der Waals surface area contributed by atoms with Crippen molar-refractivity contribution in [2.75, 3.05) is 7.05 Å². The van der Waals surface area contributed by atoms with Crippen LogP contribution in [0.15, 0.2) is 0 Å². The van der Waals surface area contributed by atoms with E-state index in [1.807, 2.05) is 6.92 Å². The first kappa shape index (κ1) is 9.87. The second-order valence-electron chi connectivity index (χ2n) is 1.97. The van der Waals surface area contributed by atoms with Gasteiger partial charge in [-0.25, -0.2) is 0 Å². The van der Waals surface area contributed by atoms with Gasteiger partial charge in [0.05, 0.1) is 6.10 Å². The van der Waals surface area contributed by atoms with E-state index in [-0.39, 0.29) is 6.10 Å². The number of nitrogens with one attached hydrogen (secondary N) is 1. The molecule has 0 aromatic heterocycles. The Morgan fingerprint density at radius 1 is 1.60 bits per heavy atom. The second-order valence-corrected chi connectivity index (χ2v) is 3.48. The fourth-order valence-electron chi connectivity index (χ4n) is 0.332. The molecule has 1 N–H and O–H groups in total. The van der Waals surface area contributed by atoms with Crippen molar-refractivity contribution < 1.29 is 12.6 Å². The van der Waals surface area contributed by atoms with Crippen LogP contribution >= 0.6 is 0 Å². The Morgan fingerprint density at radius 2 is 2.10 bits per heavy atom. The molecule has 0 radical (unpaired) electrons. The first-order valence-corrected chi connectivity index (χ1v) is 4.54. The molecule has 0 rings (SSSR count). The molecule has 0 aromatic carbocycles. The van der Waals surface area contributed by atoms with Crippen molar-refractivity contribution in [3.05, 3.63) is 0 Å². The van der Waals surface area contributed by atoms with Crippen LogP contribution in [0.4, 0.5) is 0 Å². The van der Waals surface area contributed by atoms with Gasteiger partial charge in [-0.15, -0.1) is 0 Å². The highest BCUT2D eigenvalue weighted by atomic mass is 32.2. The summed E-state index contributed by atoms with van der Waals surface area (Å²) in [7, 11) is -2.16. The lowest BCUT2D eigenvalue weighted by Gasteiger charge is -2.08. The molecule has 0 fully saturated rings. The summed E-state index contributed by atoms with van der Waals surface area (Å²) in [5.41, 5.74) is 0. The highest BCUT2D eigenvalue weighted by Gasteiger charge is 2.10. The van der Waals surface area contributed by atoms with Crippen LogP contribution in [0.5, 0.6) is 0 Å². The van der Waals surface area contributed by atoms with Crippen molar-refractivity contribution in [3.63, 3.8) is 0 Å². The molecule has 0 amide bonds. The third-order valence-electron chi connectivity index (χ3n) is 1.12. The molecule has 5 heteroatoms. The van der Waals surface area contributed by atoms with Crippen LogP contribution in [0, 0.1) is 0 Å². The minimum atomic E-state index is -3.48. The Hall–Kier alpha value is -0.130. The van der Waals surface area contributed by atoms with Crippen LogP contribution in [-0.2, 0) is 14.5 Å². The van der Waals surface area contributed by atoms with Crippen LogP contribution < -0.4 is 4.72 Å². The summed E-state index contributed by atoms with van der Waals surface area (Å²) in [6, 6.07) is 0. The lowest BCUT2D eigenvalue weighted by molar-refractivity contribution is 0.221. The van der Waals surface area contributed by atoms with Crippen molar-refractivity contribution in [3.8, 4) is 0 Å². The number of hydrogen-bond acceptors (Lipinski definition) is 3. The maximum absolute atomic E-state index is 10.6. The van der Waals surface area contributed by atoms with E-state index < -0.39 is 10.3 Å². The fourth-order valence-corrected chi connectivity index (χ4v) is 0.997. The zero-order valence-electron chi connectivity index (χ0n) is 6.42. The molecule has 0 aliphatic carbocycles. The smallest absolute Gasteiger partial charge is 0.255 e. The van der Waals surface area contributed by atoms with E-state index in [9.17, 15) is 8.42 Å². The maximum Gasteiger partial charge on any atom is 0.335 e.